The zero-order valence-corrected chi connectivity index (χ0v) is 13.8. The van der Waals surface area contributed by atoms with E-state index in [1.807, 2.05) is 17.0 Å². The van der Waals surface area contributed by atoms with Crippen LogP contribution in [0.3, 0.4) is 0 Å². The van der Waals surface area contributed by atoms with E-state index in [1.54, 1.807) is 0 Å². The van der Waals surface area contributed by atoms with Gasteiger partial charge in [-0.05, 0) is 47.9 Å². The molecule has 0 amide bonds. The lowest BCUT2D eigenvalue weighted by atomic mass is 10.1. The topological polar surface area (TPSA) is 55.6 Å². The SMILES string of the molecule is CCNC(Cc1c(Br)c(C)nn1CC)c1csnn1. The highest BCUT2D eigenvalue weighted by molar-refractivity contribution is 9.10. The summed E-state index contributed by atoms with van der Waals surface area (Å²) in [6.45, 7) is 8.00. The molecule has 7 heteroatoms. The number of rotatable bonds is 6. The first-order chi connectivity index (χ1) is 9.17. The summed E-state index contributed by atoms with van der Waals surface area (Å²) >= 11 is 5.03. The van der Waals surface area contributed by atoms with Gasteiger partial charge in [0.25, 0.3) is 0 Å². The van der Waals surface area contributed by atoms with Gasteiger partial charge in [-0.2, -0.15) is 5.10 Å². The van der Waals surface area contributed by atoms with Gasteiger partial charge in [-0.1, -0.05) is 11.4 Å². The van der Waals surface area contributed by atoms with Gasteiger partial charge in [0, 0.05) is 18.3 Å². The Labute approximate surface area is 125 Å². The molecular formula is C12H18BrN5S. The van der Waals surface area contributed by atoms with E-state index in [2.05, 4.69) is 49.8 Å². The molecule has 2 aromatic heterocycles. The van der Waals surface area contributed by atoms with Crippen molar-refractivity contribution in [1.82, 2.24) is 24.7 Å². The monoisotopic (exact) mass is 343 g/mol. The molecule has 0 spiro atoms. The van der Waals surface area contributed by atoms with Gasteiger partial charge in [0.05, 0.1) is 27.6 Å². The molecule has 104 valence electrons. The molecule has 0 saturated carbocycles. The highest BCUT2D eigenvalue weighted by atomic mass is 79.9. The molecule has 0 aliphatic rings. The average Bonchev–Trinajstić information content (AvgIpc) is 3.01. The lowest BCUT2D eigenvalue weighted by molar-refractivity contribution is 0.505. The summed E-state index contributed by atoms with van der Waals surface area (Å²) in [6.07, 6.45) is 0.856. The average molecular weight is 344 g/mol. The molecule has 2 aromatic rings. The number of hydrogen-bond acceptors (Lipinski definition) is 5. The number of aromatic nitrogens is 4. The number of nitrogens with zero attached hydrogens (tertiary/aromatic N) is 4. The van der Waals surface area contributed by atoms with Gasteiger partial charge >= 0.3 is 0 Å². The van der Waals surface area contributed by atoms with E-state index in [9.17, 15) is 0 Å². The highest BCUT2D eigenvalue weighted by Gasteiger charge is 2.20. The van der Waals surface area contributed by atoms with Crippen LogP contribution in [0.15, 0.2) is 9.85 Å². The molecule has 1 unspecified atom stereocenters. The van der Waals surface area contributed by atoms with Crippen LogP contribution >= 0.6 is 27.5 Å². The third-order valence-corrected chi connectivity index (χ3v) is 4.59. The van der Waals surface area contributed by atoms with Gasteiger partial charge in [0.2, 0.25) is 0 Å². The molecule has 19 heavy (non-hydrogen) atoms. The molecule has 2 heterocycles. The van der Waals surface area contributed by atoms with Crippen LogP contribution in [0.4, 0.5) is 0 Å². The van der Waals surface area contributed by atoms with Crippen LogP contribution in [-0.4, -0.2) is 25.9 Å². The van der Waals surface area contributed by atoms with Crippen LogP contribution in [0.25, 0.3) is 0 Å². The maximum absolute atomic E-state index is 4.53. The summed E-state index contributed by atoms with van der Waals surface area (Å²) in [7, 11) is 0. The second-order valence-corrected chi connectivity index (χ2v) is 5.71. The summed E-state index contributed by atoms with van der Waals surface area (Å²) in [5.74, 6) is 0. The zero-order chi connectivity index (χ0) is 13.8. The van der Waals surface area contributed by atoms with Crippen molar-refractivity contribution < 1.29 is 0 Å². The maximum atomic E-state index is 4.53. The van der Waals surface area contributed by atoms with Gasteiger partial charge in [-0.15, -0.1) is 5.10 Å². The third-order valence-electron chi connectivity index (χ3n) is 3.03. The Morgan fingerprint density at radius 3 is 2.84 bits per heavy atom. The van der Waals surface area contributed by atoms with Gasteiger partial charge in [-0.25, -0.2) is 0 Å². The maximum Gasteiger partial charge on any atom is 0.0928 e. The minimum absolute atomic E-state index is 0.182. The van der Waals surface area contributed by atoms with Crippen LogP contribution in [0.5, 0.6) is 0 Å². The van der Waals surface area contributed by atoms with E-state index in [-0.39, 0.29) is 6.04 Å². The first-order valence-electron chi connectivity index (χ1n) is 6.39. The molecule has 0 fully saturated rings. The van der Waals surface area contributed by atoms with Crippen molar-refractivity contribution in [3.63, 3.8) is 0 Å². The number of nitrogens with one attached hydrogen (secondary N) is 1. The highest BCUT2D eigenvalue weighted by Crippen LogP contribution is 2.26. The number of likely N-dealkylation sites (N-methyl/N-ethyl adjacent to an activating group) is 1. The summed E-state index contributed by atoms with van der Waals surface area (Å²) in [5.41, 5.74) is 3.24. The Kier molecular flexibility index (Phi) is 5.06. The fourth-order valence-electron chi connectivity index (χ4n) is 2.11. The lowest BCUT2D eigenvalue weighted by Gasteiger charge is -2.16. The van der Waals surface area contributed by atoms with Crippen molar-refractivity contribution in [2.75, 3.05) is 6.54 Å². The Morgan fingerprint density at radius 2 is 2.26 bits per heavy atom. The van der Waals surface area contributed by atoms with E-state index in [0.717, 1.165) is 35.4 Å². The molecule has 1 atom stereocenters. The second-order valence-electron chi connectivity index (χ2n) is 4.31. The van der Waals surface area contributed by atoms with Crippen molar-refractivity contribution in [3.05, 3.63) is 26.9 Å². The fraction of sp³-hybridized carbons (Fsp3) is 0.583. The molecule has 5 nitrogen and oxygen atoms in total. The minimum atomic E-state index is 0.182. The number of halogens is 1. The Hall–Kier alpha value is -0.790. The van der Waals surface area contributed by atoms with Crippen molar-refractivity contribution in [1.29, 1.82) is 0 Å². The Morgan fingerprint density at radius 1 is 1.47 bits per heavy atom. The third kappa shape index (κ3) is 3.21. The van der Waals surface area contributed by atoms with Crippen molar-refractivity contribution in [2.24, 2.45) is 0 Å². The van der Waals surface area contributed by atoms with Crippen molar-refractivity contribution in [3.8, 4) is 0 Å². The largest absolute Gasteiger partial charge is 0.308 e. The Balaban J connectivity index is 2.27. The van der Waals surface area contributed by atoms with Crippen LogP contribution < -0.4 is 5.32 Å². The van der Waals surface area contributed by atoms with Crippen LogP contribution in [0.2, 0.25) is 0 Å². The lowest BCUT2D eigenvalue weighted by Crippen LogP contribution is -2.24. The van der Waals surface area contributed by atoms with Crippen LogP contribution in [0.1, 0.15) is 37.0 Å². The molecule has 2 rings (SSSR count). The van der Waals surface area contributed by atoms with E-state index in [0.29, 0.717) is 0 Å². The predicted octanol–water partition coefficient (Wildman–Crippen LogP) is 2.72. The summed E-state index contributed by atoms with van der Waals surface area (Å²) < 4.78 is 7.10. The summed E-state index contributed by atoms with van der Waals surface area (Å²) in [5, 5.41) is 14.2. The standard InChI is InChI=1S/C12H18BrN5S/c1-4-14-9(10-7-19-17-15-10)6-11-12(13)8(3)16-18(11)5-2/h7,9,14H,4-6H2,1-3H3. The summed E-state index contributed by atoms with van der Waals surface area (Å²) in [6, 6.07) is 0.182. The van der Waals surface area contributed by atoms with Crippen LogP contribution in [0, 0.1) is 6.92 Å². The smallest absolute Gasteiger partial charge is 0.0928 e. The van der Waals surface area contributed by atoms with Gasteiger partial charge in [0.1, 0.15) is 0 Å². The van der Waals surface area contributed by atoms with E-state index in [1.165, 1.54) is 17.2 Å². The predicted molar refractivity (Wildman–Crippen MR) is 80.4 cm³/mol. The molecule has 0 aliphatic carbocycles. The Bertz CT molecular complexity index is 522. The first-order valence-corrected chi connectivity index (χ1v) is 8.02. The number of hydrogen-bond donors (Lipinski definition) is 1. The van der Waals surface area contributed by atoms with E-state index >= 15 is 0 Å². The first kappa shape index (κ1) is 14.6. The number of aryl methyl sites for hydroxylation is 2. The van der Waals surface area contributed by atoms with Crippen LogP contribution in [-0.2, 0) is 13.0 Å². The van der Waals surface area contributed by atoms with E-state index < -0.39 is 0 Å². The molecule has 0 bridgehead atoms. The van der Waals surface area contributed by atoms with Crippen molar-refractivity contribution >= 4 is 27.5 Å². The second kappa shape index (κ2) is 6.58. The molecule has 0 aliphatic heterocycles. The fourth-order valence-corrected chi connectivity index (χ4v) is 3.06. The van der Waals surface area contributed by atoms with E-state index in [4.69, 9.17) is 0 Å². The molecule has 0 radical (unpaired) electrons. The molecular weight excluding hydrogens is 326 g/mol. The zero-order valence-electron chi connectivity index (χ0n) is 11.4. The van der Waals surface area contributed by atoms with Crippen molar-refractivity contribution in [2.45, 2.75) is 39.8 Å². The molecule has 1 N–H and O–H groups in total. The normalized spacial score (nSPS) is 12.8. The van der Waals surface area contributed by atoms with Gasteiger partial charge < -0.3 is 5.32 Å². The minimum Gasteiger partial charge on any atom is -0.308 e. The quantitative estimate of drug-likeness (QED) is 0.875. The molecule has 0 saturated heterocycles. The van der Waals surface area contributed by atoms with Gasteiger partial charge in [0.15, 0.2) is 0 Å². The molecule has 0 aromatic carbocycles. The van der Waals surface area contributed by atoms with Gasteiger partial charge in [-0.3, -0.25) is 4.68 Å². The summed E-state index contributed by atoms with van der Waals surface area (Å²) in [4.78, 5) is 0.